The maximum atomic E-state index is 6.18. The summed E-state index contributed by atoms with van der Waals surface area (Å²) < 4.78 is 0. The Labute approximate surface area is 106 Å². The van der Waals surface area contributed by atoms with Crippen molar-refractivity contribution < 1.29 is 0 Å². The zero-order chi connectivity index (χ0) is 12.1. The summed E-state index contributed by atoms with van der Waals surface area (Å²) in [7, 11) is 1.89. The third-order valence-electron chi connectivity index (χ3n) is 2.40. The molecule has 0 N–H and O–H groups in total. The first-order valence-corrected chi connectivity index (χ1v) is 5.73. The second-order valence-corrected chi connectivity index (χ2v) is 3.95. The van der Waals surface area contributed by atoms with E-state index >= 15 is 0 Å². The van der Waals surface area contributed by atoms with E-state index < -0.39 is 0 Å². The molecule has 0 aliphatic rings. The first kappa shape index (κ1) is 11.7. The Balaban J connectivity index is 2.21. The average Bonchev–Trinajstić information content (AvgIpc) is 2.40. The van der Waals surface area contributed by atoms with Crippen molar-refractivity contribution in [2.75, 3.05) is 11.9 Å². The lowest BCUT2D eigenvalue weighted by Crippen LogP contribution is -2.20. The number of halogens is 1. The molecule has 0 aromatic heterocycles. The van der Waals surface area contributed by atoms with E-state index in [9.17, 15) is 0 Å². The van der Waals surface area contributed by atoms with Crippen LogP contribution in [0, 0.1) is 0 Å². The van der Waals surface area contributed by atoms with Crippen LogP contribution in [0.2, 0.25) is 0 Å². The molecule has 0 aliphatic heterocycles. The highest BCUT2D eigenvalue weighted by atomic mass is 35.5. The van der Waals surface area contributed by atoms with Gasteiger partial charge in [0.15, 0.2) is 0 Å². The molecule has 2 nitrogen and oxygen atoms in total. The highest BCUT2D eigenvalue weighted by Crippen LogP contribution is 2.17. The van der Waals surface area contributed by atoms with Gasteiger partial charge in [-0.3, -0.25) is 0 Å². The Hall–Kier alpha value is -1.80. The predicted molar refractivity (Wildman–Crippen MR) is 74.2 cm³/mol. The SMILES string of the molecule is CN(C(Cl)=Nc1ccccc1)c1ccccc1. The second kappa shape index (κ2) is 5.51. The van der Waals surface area contributed by atoms with Gasteiger partial charge in [0, 0.05) is 12.7 Å². The van der Waals surface area contributed by atoms with Crippen LogP contribution in [0.3, 0.4) is 0 Å². The van der Waals surface area contributed by atoms with Crippen molar-refractivity contribution in [2.24, 2.45) is 4.99 Å². The van der Waals surface area contributed by atoms with Crippen molar-refractivity contribution in [1.82, 2.24) is 0 Å². The van der Waals surface area contributed by atoms with Crippen LogP contribution >= 0.6 is 11.6 Å². The number of para-hydroxylation sites is 2. The zero-order valence-corrected chi connectivity index (χ0v) is 10.3. The monoisotopic (exact) mass is 244 g/mol. The molecule has 86 valence electrons. The standard InChI is InChI=1S/C14H13ClN2/c1-17(13-10-6-3-7-11-13)14(15)16-12-8-4-2-5-9-12/h2-11H,1H3. The highest BCUT2D eigenvalue weighted by Gasteiger charge is 2.05. The summed E-state index contributed by atoms with van der Waals surface area (Å²) in [5, 5.41) is 0.447. The molecule has 0 aliphatic carbocycles. The molecule has 2 rings (SSSR count). The van der Waals surface area contributed by atoms with Gasteiger partial charge in [-0.2, -0.15) is 0 Å². The number of hydrogen-bond acceptors (Lipinski definition) is 1. The first-order valence-electron chi connectivity index (χ1n) is 5.35. The van der Waals surface area contributed by atoms with Crippen LogP contribution < -0.4 is 4.90 Å². The van der Waals surface area contributed by atoms with Gasteiger partial charge in [-0.25, -0.2) is 4.99 Å². The summed E-state index contributed by atoms with van der Waals surface area (Å²) in [4.78, 5) is 6.19. The lowest BCUT2D eigenvalue weighted by molar-refractivity contribution is 1.27. The Morgan fingerprint density at radius 3 is 2.06 bits per heavy atom. The molecule has 0 bridgehead atoms. The predicted octanol–water partition coefficient (Wildman–Crippen LogP) is 4.05. The van der Waals surface area contributed by atoms with Crippen LogP contribution in [0.5, 0.6) is 0 Å². The number of benzene rings is 2. The van der Waals surface area contributed by atoms with Crippen LogP contribution in [0.25, 0.3) is 0 Å². The van der Waals surface area contributed by atoms with Gasteiger partial charge in [0.05, 0.1) is 5.69 Å². The number of hydrogen-bond donors (Lipinski definition) is 0. The quantitative estimate of drug-likeness (QED) is 0.442. The molecule has 0 fully saturated rings. The van der Waals surface area contributed by atoms with Crippen LogP contribution in [0.15, 0.2) is 65.7 Å². The fraction of sp³-hybridized carbons (Fsp3) is 0.0714. The molecule has 17 heavy (non-hydrogen) atoms. The minimum absolute atomic E-state index is 0.447. The highest BCUT2D eigenvalue weighted by molar-refractivity contribution is 6.68. The molecule has 0 saturated heterocycles. The number of anilines is 1. The van der Waals surface area contributed by atoms with Crippen molar-refractivity contribution in [3.8, 4) is 0 Å². The summed E-state index contributed by atoms with van der Waals surface area (Å²) in [5.41, 5.74) is 1.86. The third-order valence-corrected chi connectivity index (χ3v) is 2.74. The molecule has 0 amide bonds. The lowest BCUT2D eigenvalue weighted by Gasteiger charge is -2.16. The second-order valence-electron chi connectivity index (χ2n) is 3.61. The van der Waals surface area contributed by atoms with Gasteiger partial charge in [0.2, 0.25) is 5.29 Å². The molecular weight excluding hydrogens is 232 g/mol. The van der Waals surface area contributed by atoms with E-state index in [1.54, 1.807) is 0 Å². The Bertz CT molecular complexity index is 494. The molecule has 3 heteroatoms. The first-order chi connectivity index (χ1) is 8.27. The largest absolute Gasteiger partial charge is 0.320 e. The van der Waals surface area contributed by atoms with Crippen molar-refractivity contribution in [1.29, 1.82) is 0 Å². The van der Waals surface area contributed by atoms with E-state index in [2.05, 4.69) is 4.99 Å². The van der Waals surface area contributed by atoms with Gasteiger partial charge in [0.25, 0.3) is 0 Å². The van der Waals surface area contributed by atoms with E-state index in [0.717, 1.165) is 11.4 Å². The van der Waals surface area contributed by atoms with Gasteiger partial charge in [-0.15, -0.1) is 0 Å². The number of aliphatic imine (C=N–C) groups is 1. The Morgan fingerprint density at radius 2 is 1.47 bits per heavy atom. The average molecular weight is 245 g/mol. The summed E-state index contributed by atoms with van der Waals surface area (Å²) in [5.74, 6) is 0. The topological polar surface area (TPSA) is 15.6 Å². The maximum Gasteiger partial charge on any atom is 0.203 e. The fourth-order valence-electron chi connectivity index (χ4n) is 1.44. The van der Waals surface area contributed by atoms with E-state index in [4.69, 9.17) is 11.6 Å². The van der Waals surface area contributed by atoms with Crippen LogP contribution in [-0.4, -0.2) is 12.3 Å². The molecule has 0 atom stereocenters. The van der Waals surface area contributed by atoms with Crippen molar-refractivity contribution in [3.63, 3.8) is 0 Å². The van der Waals surface area contributed by atoms with E-state index in [-0.39, 0.29) is 0 Å². The summed E-state index contributed by atoms with van der Waals surface area (Å²) >= 11 is 6.18. The summed E-state index contributed by atoms with van der Waals surface area (Å²) in [6, 6.07) is 19.6. The molecular formula is C14H13ClN2. The van der Waals surface area contributed by atoms with Gasteiger partial charge >= 0.3 is 0 Å². The fourth-order valence-corrected chi connectivity index (χ4v) is 1.64. The summed E-state index contributed by atoms with van der Waals surface area (Å²) in [6.45, 7) is 0. The smallest absolute Gasteiger partial charge is 0.203 e. The van der Waals surface area contributed by atoms with Gasteiger partial charge in [0.1, 0.15) is 0 Å². The van der Waals surface area contributed by atoms with E-state index in [1.807, 2.05) is 72.6 Å². The normalized spacial score (nSPS) is 11.3. The minimum Gasteiger partial charge on any atom is -0.320 e. The van der Waals surface area contributed by atoms with Crippen molar-refractivity contribution >= 4 is 28.3 Å². The van der Waals surface area contributed by atoms with Crippen molar-refractivity contribution in [3.05, 3.63) is 60.7 Å². The molecule has 0 saturated carbocycles. The maximum absolute atomic E-state index is 6.18. The Kier molecular flexibility index (Phi) is 3.78. The minimum atomic E-state index is 0.447. The van der Waals surface area contributed by atoms with E-state index in [1.165, 1.54) is 0 Å². The molecule has 2 aromatic carbocycles. The number of amidine groups is 1. The van der Waals surface area contributed by atoms with Crippen LogP contribution in [0.4, 0.5) is 11.4 Å². The Morgan fingerprint density at radius 1 is 0.941 bits per heavy atom. The van der Waals surface area contributed by atoms with Crippen LogP contribution in [-0.2, 0) is 0 Å². The van der Waals surface area contributed by atoms with Crippen LogP contribution in [0.1, 0.15) is 0 Å². The zero-order valence-electron chi connectivity index (χ0n) is 9.55. The lowest BCUT2D eigenvalue weighted by atomic mass is 10.3. The van der Waals surface area contributed by atoms with E-state index in [0.29, 0.717) is 5.29 Å². The number of nitrogens with zero attached hydrogens (tertiary/aromatic N) is 2. The summed E-state index contributed by atoms with van der Waals surface area (Å²) in [6.07, 6.45) is 0. The molecule has 0 unspecified atom stereocenters. The van der Waals surface area contributed by atoms with Gasteiger partial charge in [-0.1, -0.05) is 36.4 Å². The molecule has 0 radical (unpaired) electrons. The number of rotatable bonds is 2. The molecule has 2 aromatic rings. The van der Waals surface area contributed by atoms with Gasteiger partial charge < -0.3 is 4.90 Å². The third kappa shape index (κ3) is 3.08. The van der Waals surface area contributed by atoms with Gasteiger partial charge in [-0.05, 0) is 35.9 Å². The molecule has 0 heterocycles. The molecule has 0 spiro atoms. The van der Waals surface area contributed by atoms with Crippen molar-refractivity contribution in [2.45, 2.75) is 0 Å².